The highest BCUT2D eigenvalue weighted by Gasteiger charge is 2.31. The summed E-state index contributed by atoms with van der Waals surface area (Å²) < 4.78 is 0. The van der Waals surface area contributed by atoms with E-state index in [1.165, 1.54) is 23.1 Å². The van der Waals surface area contributed by atoms with Crippen molar-refractivity contribution in [3.05, 3.63) is 40.2 Å². The third kappa shape index (κ3) is 2.13. The predicted octanol–water partition coefficient (Wildman–Crippen LogP) is 3.92. The third-order valence-corrected chi connectivity index (χ3v) is 5.09. The summed E-state index contributed by atoms with van der Waals surface area (Å²) in [6.07, 6.45) is 4.25. The molecule has 0 atom stereocenters. The second-order valence-corrected chi connectivity index (χ2v) is 6.70. The Morgan fingerprint density at radius 3 is 2.89 bits per heavy atom. The van der Waals surface area contributed by atoms with Crippen molar-refractivity contribution < 1.29 is 0 Å². The summed E-state index contributed by atoms with van der Waals surface area (Å²) in [7, 11) is 0. The Morgan fingerprint density at radius 2 is 2.11 bits per heavy atom. The number of anilines is 1. The van der Waals surface area contributed by atoms with Gasteiger partial charge in [-0.2, -0.15) is 0 Å². The molecule has 0 unspecified atom stereocenters. The SMILES string of the molecule is c1csc(CN(c2ncnc3sccc23)C2CC2)c1. The van der Waals surface area contributed by atoms with Gasteiger partial charge in [0.1, 0.15) is 17.0 Å². The fraction of sp³-hybridized carbons (Fsp3) is 0.286. The molecule has 3 heterocycles. The standard InChI is InChI=1S/C14H13N3S2/c1-2-11(18-6-1)8-17(10-3-4-10)13-12-5-7-19-14(12)16-9-15-13/h1-2,5-7,9-10H,3-4,8H2. The van der Waals surface area contributed by atoms with Crippen molar-refractivity contribution in [1.82, 2.24) is 9.97 Å². The summed E-state index contributed by atoms with van der Waals surface area (Å²) in [5.41, 5.74) is 0. The van der Waals surface area contributed by atoms with Gasteiger partial charge >= 0.3 is 0 Å². The highest BCUT2D eigenvalue weighted by Crippen LogP contribution is 2.36. The maximum absolute atomic E-state index is 4.55. The van der Waals surface area contributed by atoms with Crippen molar-refractivity contribution in [3.8, 4) is 0 Å². The average Bonchev–Trinajstić information content (AvgIpc) is 2.95. The summed E-state index contributed by atoms with van der Waals surface area (Å²) >= 11 is 3.50. The molecule has 0 aromatic carbocycles. The predicted molar refractivity (Wildman–Crippen MR) is 80.9 cm³/mol. The van der Waals surface area contributed by atoms with Crippen LogP contribution in [0.2, 0.25) is 0 Å². The Hall–Kier alpha value is -1.46. The molecule has 1 fully saturated rings. The van der Waals surface area contributed by atoms with E-state index in [2.05, 4.69) is 43.8 Å². The van der Waals surface area contributed by atoms with Gasteiger partial charge in [-0.15, -0.1) is 22.7 Å². The van der Waals surface area contributed by atoms with Crippen LogP contribution in [0.1, 0.15) is 17.7 Å². The molecule has 0 saturated heterocycles. The van der Waals surface area contributed by atoms with Crippen LogP contribution in [0.3, 0.4) is 0 Å². The zero-order valence-corrected chi connectivity index (χ0v) is 12.0. The Balaban J connectivity index is 1.76. The molecule has 3 nitrogen and oxygen atoms in total. The first kappa shape index (κ1) is 11.4. The molecule has 96 valence electrons. The molecule has 0 radical (unpaired) electrons. The van der Waals surface area contributed by atoms with Crippen LogP contribution >= 0.6 is 22.7 Å². The lowest BCUT2D eigenvalue weighted by Crippen LogP contribution is -2.25. The largest absolute Gasteiger partial charge is 0.348 e. The lowest BCUT2D eigenvalue weighted by molar-refractivity contribution is 0.789. The van der Waals surface area contributed by atoms with E-state index >= 15 is 0 Å². The van der Waals surface area contributed by atoms with Gasteiger partial charge in [0.2, 0.25) is 0 Å². The van der Waals surface area contributed by atoms with Gasteiger partial charge in [-0.05, 0) is 35.7 Å². The van der Waals surface area contributed by atoms with Crippen molar-refractivity contribution in [3.63, 3.8) is 0 Å². The summed E-state index contributed by atoms with van der Waals surface area (Å²) in [5.74, 6) is 1.10. The first-order valence-electron chi connectivity index (χ1n) is 6.39. The molecule has 5 heteroatoms. The van der Waals surface area contributed by atoms with Gasteiger partial charge in [-0.1, -0.05) is 6.07 Å². The van der Waals surface area contributed by atoms with E-state index in [1.54, 1.807) is 17.7 Å². The monoisotopic (exact) mass is 287 g/mol. The smallest absolute Gasteiger partial charge is 0.141 e. The summed E-state index contributed by atoms with van der Waals surface area (Å²) in [6, 6.07) is 7.11. The van der Waals surface area contributed by atoms with Crippen molar-refractivity contribution >= 4 is 38.7 Å². The Morgan fingerprint density at radius 1 is 1.16 bits per heavy atom. The minimum atomic E-state index is 0.653. The van der Waals surface area contributed by atoms with Crippen LogP contribution < -0.4 is 4.90 Å². The molecule has 0 aliphatic heterocycles. The number of nitrogens with zero attached hydrogens (tertiary/aromatic N) is 3. The number of hydrogen-bond donors (Lipinski definition) is 0. The zero-order valence-electron chi connectivity index (χ0n) is 10.3. The molecular weight excluding hydrogens is 274 g/mol. The average molecular weight is 287 g/mol. The molecule has 1 saturated carbocycles. The van der Waals surface area contributed by atoms with Crippen LogP contribution in [0.15, 0.2) is 35.3 Å². The molecule has 4 rings (SSSR count). The Labute approximate surface area is 119 Å². The minimum absolute atomic E-state index is 0.653. The first-order chi connectivity index (χ1) is 9.42. The van der Waals surface area contributed by atoms with E-state index < -0.39 is 0 Å². The lowest BCUT2D eigenvalue weighted by atomic mass is 10.3. The van der Waals surface area contributed by atoms with Crippen molar-refractivity contribution in [2.45, 2.75) is 25.4 Å². The molecule has 0 bridgehead atoms. The zero-order chi connectivity index (χ0) is 12.7. The molecule has 3 aromatic heterocycles. The molecule has 0 N–H and O–H groups in total. The highest BCUT2D eigenvalue weighted by molar-refractivity contribution is 7.16. The highest BCUT2D eigenvalue weighted by atomic mass is 32.1. The van der Waals surface area contributed by atoms with Gasteiger partial charge in [-0.3, -0.25) is 0 Å². The van der Waals surface area contributed by atoms with Crippen LogP contribution in [0, 0.1) is 0 Å². The third-order valence-electron chi connectivity index (χ3n) is 3.41. The van der Waals surface area contributed by atoms with Gasteiger partial charge < -0.3 is 4.90 Å². The molecule has 19 heavy (non-hydrogen) atoms. The quantitative estimate of drug-likeness (QED) is 0.728. The van der Waals surface area contributed by atoms with E-state index in [1.807, 2.05) is 11.3 Å². The minimum Gasteiger partial charge on any atom is -0.348 e. The van der Waals surface area contributed by atoms with Gasteiger partial charge in [0.05, 0.1) is 11.9 Å². The van der Waals surface area contributed by atoms with Crippen LogP contribution in [0.25, 0.3) is 10.2 Å². The maximum atomic E-state index is 4.55. The second-order valence-electron chi connectivity index (χ2n) is 4.78. The Bertz CT molecular complexity index is 686. The van der Waals surface area contributed by atoms with Crippen molar-refractivity contribution in [1.29, 1.82) is 0 Å². The Kier molecular flexibility index (Phi) is 2.74. The maximum Gasteiger partial charge on any atom is 0.141 e. The molecule has 0 amide bonds. The number of hydrogen-bond acceptors (Lipinski definition) is 5. The van der Waals surface area contributed by atoms with Crippen LogP contribution in [-0.2, 0) is 6.54 Å². The molecule has 0 spiro atoms. The molecule has 1 aliphatic carbocycles. The topological polar surface area (TPSA) is 29.0 Å². The van der Waals surface area contributed by atoms with Crippen LogP contribution in [-0.4, -0.2) is 16.0 Å². The van der Waals surface area contributed by atoms with E-state index in [0.29, 0.717) is 6.04 Å². The summed E-state index contributed by atoms with van der Waals surface area (Å²) in [5, 5.41) is 5.43. The number of rotatable bonds is 4. The lowest BCUT2D eigenvalue weighted by Gasteiger charge is -2.23. The van der Waals surface area contributed by atoms with E-state index in [0.717, 1.165) is 17.2 Å². The molecule has 3 aromatic rings. The van der Waals surface area contributed by atoms with Crippen molar-refractivity contribution in [2.75, 3.05) is 4.90 Å². The molecule has 1 aliphatic rings. The van der Waals surface area contributed by atoms with Crippen LogP contribution in [0.5, 0.6) is 0 Å². The summed E-state index contributed by atoms with van der Waals surface area (Å²) in [4.78, 5) is 13.8. The molecular formula is C14H13N3S2. The number of thiophene rings is 2. The van der Waals surface area contributed by atoms with E-state index in [9.17, 15) is 0 Å². The van der Waals surface area contributed by atoms with Crippen LogP contribution in [0.4, 0.5) is 5.82 Å². The number of aromatic nitrogens is 2. The van der Waals surface area contributed by atoms with Gasteiger partial charge in [-0.25, -0.2) is 9.97 Å². The van der Waals surface area contributed by atoms with E-state index in [4.69, 9.17) is 0 Å². The van der Waals surface area contributed by atoms with Gasteiger partial charge in [0.25, 0.3) is 0 Å². The fourth-order valence-electron chi connectivity index (χ4n) is 2.34. The second kappa shape index (κ2) is 4.58. The fourth-order valence-corrected chi connectivity index (χ4v) is 3.77. The normalized spacial score (nSPS) is 14.9. The summed E-state index contributed by atoms with van der Waals surface area (Å²) in [6.45, 7) is 0.963. The number of fused-ring (bicyclic) bond motifs is 1. The van der Waals surface area contributed by atoms with Gasteiger partial charge in [0, 0.05) is 10.9 Å². The van der Waals surface area contributed by atoms with E-state index in [-0.39, 0.29) is 0 Å². The first-order valence-corrected chi connectivity index (χ1v) is 8.15. The van der Waals surface area contributed by atoms with Crippen molar-refractivity contribution in [2.24, 2.45) is 0 Å². The van der Waals surface area contributed by atoms with Gasteiger partial charge in [0.15, 0.2) is 0 Å².